The van der Waals surface area contributed by atoms with Crippen LogP contribution in [0.1, 0.15) is 21.6 Å². The van der Waals surface area contributed by atoms with Gasteiger partial charge >= 0.3 is 0 Å². The van der Waals surface area contributed by atoms with Crippen LogP contribution in [0.15, 0.2) is 89.2 Å². The minimum Gasteiger partial charge on any atom is -0.322 e. The summed E-state index contributed by atoms with van der Waals surface area (Å²) in [6.45, 7) is 3.82. The van der Waals surface area contributed by atoms with Gasteiger partial charge < -0.3 is 5.32 Å². The lowest BCUT2D eigenvalue weighted by molar-refractivity contribution is 0.102. The fourth-order valence-electron chi connectivity index (χ4n) is 3.04. The molecule has 0 unspecified atom stereocenters. The Bertz CT molecular complexity index is 1180. The van der Waals surface area contributed by atoms with E-state index in [0.717, 1.165) is 27.4 Å². The van der Waals surface area contributed by atoms with Crippen molar-refractivity contribution in [2.45, 2.75) is 23.9 Å². The van der Waals surface area contributed by atoms with E-state index in [0.29, 0.717) is 16.4 Å². The lowest BCUT2D eigenvalue weighted by atomic mass is 10.1. The van der Waals surface area contributed by atoms with E-state index in [-0.39, 0.29) is 5.91 Å². The molecule has 1 amide bonds. The van der Waals surface area contributed by atoms with Gasteiger partial charge in [-0.25, -0.2) is 9.97 Å². The number of nitrogens with one attached hydrogen (secondary N) is 1. The van der Waals surface area contributed by atoms with Crippen LogP contribution >= 0.6 is 11.8 Å². The summed E-state index contributed by atoms with van der Waals surface area (Å²) in [4.78, 5) is 26.9. The molecule has 0 aliphatic carbocycles. The monoisotopic (exact) mass is 412 g/mol. The molecule has 0 aliphatic rings. The number of aromatic nitrogens is 3. The van der Waals surface area contributed by atoms with Gasteiger partial charge in [-0.15, -0.1) is 0 Å². The molecule has 5 nitrogen and oxygen atoms in total. The third kappa shape index (κ3) is 4.55. The average Bonchev–Trinajstić information content (AvgIpc) is 2.77. The van der Waals surface area contributed by atoms with Crippen LogP contribution in [0.25, 0.3) is 11.3 Å². The molecule has 0 radical (unpaired) electrons. The third-order valence-corrected chi connectivity index (χ3v) is 5.48. The molecule has 0 spiro atoms. The van der Waals surface area contributed by atoms with E-state index in [9.17, 15) is 4.79 Å². The molecule has 4 aromatic rings. The maximum Gasteiger partial charge on any atom is 0.257 e. The molecule has 0 fully saturated rings. The van der Waals surface area contributed by atoms with Gasteiger partial charge in [0.25, 0.3) is 5.91 Å². The Morgan fingerprint density at radius 2 is 1.67 bits per heavy atom. The summed E-state index contributed by atoms with van der Waals surface area (Å²) in [6.07, 6.45) is 3.44. The molecular weight excluding hydrogens is 392 g/mol. The number of nitrogens with zero attached hydrogens (tertiary/aromatic N) is 3. The summed E-state index contributed by atoms with van der Waals surface area (Å²) >= 11 is 1.48. The van der Waals surface area contributed by atoms with Crippen LogP contribution in [0.3, 0.4) is 0 Å². The Morgan fingerprint density at radius 3 is 2.37 bits per heavy atom. The van der Waals surface area contributed by atoms with Crippen molar-refractivity contribution >= 4 is 23.4 Å². The predicted octanol–water partition coefficient (Wildman–Crippen LogP) is 5.56. The highest BCUT2D eigenvalue weighted by Gasteiger charge is 2.13. The zero-order valence-corrected chi connectivity index (χ0v) is 17.5. The fourth-order valence-corrected chi connectivity index (χ4v) is 3.85. The van der Waals surface area contributed by atoms with Crippen LogP contribution in [0.4, 0.5) is 5.69 Å². The minimum absolute atomic E-state index is 0.172. The van der Waals surface area contributed by atoms with E-state index < -0.39 is 0 Å². The second-order valence-electron chi connectivity index (χ2n) is 6.76. The van der Waals surface area contributed by atoms with Gasteiger partial charge in [0, 0.05) is 28.5 Å². The van der Waals surface area contributed by atoms with Crippen molar-refractivity contribution < 1.29 is 4.79 Å². The fraction of sp³-hybridized carbons (Fsp3) is 0.0833. The molecule has 4 rings (SSSR count). The number of rotatable bonds is 5. The van der Waals surface area contributed by atoms with Crippen LogP contribution in [0.2, 0.25) is 0 Å². The zero-order chi connectivity index (χ0) is 20.9. The largest absolute Gasteiger partial charge is 0.322 e. The van der Waals surface area contributed by atoms with Crippen LogP contribution in [-0.4, -0.2) is 20.9 Å². The van der Waals surface area contributed by atoms with Gasteiger partial charge in [-0.1, -0.05) is 30.3 Å². The normalized spacial score (nSPS) is 10.6. The van der Waals surface area contributed by atoms with E-state index >= 15 is 0 Å². The summed E-state index contributed by atoms with van der Waals surface area (Å²) in [6, 6.07) is 21.3. The van der Waals surface area contributed by atoms with Gasteiger partial charge in [0.05, 0.1) is 17.0 Å². The smallest absolute Gasteiger partial charge is 0.257 e. The maximum atomic E-state index is 12.8. The highest BCUT2D eigenvalue weighted by molar-refractivity contribution is 7.99. The van der Waals surface area contributed by atoms with E-state index in [1.54, 1.807) is 18.5 Å². The second kappa shape index (κ2) is 8.88. The number of carbonyl (C=O) groups is 1. The van der Waals surface area contributed by atoms with Crippen molar-refractivity contribution in [1.82, 2.24) is 15.0 Å². The van der Waals surface area contributed by atoms with Crippen LogP contribution < -0.4 is 5.32 Å². The van der Waals surface area contributed by atoms with E-state index in [1.165, 1.54) is 11.8 Å². The predicted molar refractivity (Wildman–Crippen MR) is 120 cm³/mol. The Balaban J connectivity index is 1.50. The average molecular weight is 413 g/mol. The van der Waals surface area contributed by atoms with Crippen molar-refractivity contribution in [2.24, 2.45) is 0 Å². The Kier molecular flexibility index (Phi) is 5.86. The van der Waals surface area contributed by atoms with Gasteiger partial charge in [0.1, 0.15) is 0 Å². The Morgan fingerprint density at radius 1 is 0.900 bits per heavy atom. The molecule has 2 aromatic carbocycles. The first-order chi connectivity index (χ1) is 14.6. The number of pyridine rings is 1. The van der Waals surface area contributed by atoms with Crippen molar-refractivity contribution in [1.29, 1.82) is 0 Å². The zero-order valence-electron chi connectivity index (χ0n) is 16.7. The Hall–Kier alpha value is -3.51. The highest BCUT2D eigenvalue weighted by Crippen LogP contribution is 2.28. The second-order valence-corrected chi connectivity index (χ2v) is 7.80. The molecule has 2 aromatic heterocycles. The standard InChI is InChI=1S/C24H20N4OS/c1-16-15-19(30-24-25-13-6-14-26-24)9-11-21(16)28-23(29)20-10-12-22(27-17(20)2)18-7-4-3-5-8-18/h3-15H,1-2H3,(H,28,29). The summed E-state index contributed by atoms with van der Waals surface area (Å²) in [5, 5.41) is 3.69. The van der Waals surface area contributed by atoms with Gasteiger partial charge in [-0.3, -0.25) is 9.78 Å². The summed E-state index contributed by atoms with van der Waals surface area (Å²) < 4.78 is 0. The minimum atomic E-state index is -0.172. The van der Waals surface area contributed by atoms with Gasteiger partial charge in [-0.2, -0.15) is 0 Å². The van der Waals surface area contributed by atoms with E-state index in [4.69, 9.17) is 0 Å². The number of anilines is 1. The molecule has 0 atom stereocenters. The first-order valence-corrected chi connectivity index (χ1v) is 10.3. The summed E-state index contributed by atoms with van der Waals surface area (Å²) in [5.74, 6) is -0.172. The molecular formula is C24H20N4OS. The first kappa shape index (κ1) is 19.8. The SMILES string of the molecule is Cc1cc(Sc2ncccn2)ccc1NC(=O)c1ccc(-c2ccccc2)nc1C. The number of carbonyl (C=O) groups excluding carboxylic acids is 1. The van der Waals surface area contributed by atoms with Gasteiger partial charge in [0.15, 0.2) is 5.16 Å². The van der Waals surface area contributed by atoms with Crippen molar-refractivity contribution in [3.63, 3.8) is 0 Å². The van der Waals surface area contributed by atoms with E-state index in [1.807, 2.05) is 74.5 Å². The summed E-state index contributed by atoms with van der Waals surface area (Å²) in [7, 11) is 0. The quantitative estimate of drug-likeness (QED) is 0.435. The molecule has 0 aliphatic heterocycles. The van der Waals surface area contributed by atoms with Crippen LogP contribution in [0.5, 0.6) is 0 Å². The van der Waals surface area contributed by atoms with Crippen molar-refractivity contribution in [3.8, 4) is 11.3 Å². The molecule has 0 saturated carbocycles. The van der Waals surface area contributed by atoms with Crippen molar-refractivity contribution in [2.75, 3.05) is 5.32 Å². The number of benzene rings is 2. The molecule has 2 heterocycles. The number of hydrogen-bond acceptors (Lipinski definition) is 5. The van der Waals surface area contributed by atoms with Crippen LogP contribution in [-0.2, 0) is 0 Å². The summed E-state index contributed by atoms with van der Waals surface area (Å²) in [5.41, 5.74) is 4.87. The van der Waals surface area contributed by atoms with Gasteiger partial charge in [0.2, 0.25) is 0 Å². The third-order valence-electron chi connectivity index (χ3n) is 4.60. The van der Waals surface area contributed by atoms with Crippen LogP contribution in [0, 0.1) is 13.8 Å². The highest BCUT2D eigenvalue weighted by atomic mass is 32.2. The molecule has 0 saturated heterocycles. The molecule has 0 bridgehead atoms. The molecule has 30 heavy (non-hydrogen) atoms. The van der Waals surface area contributed by atoms with Crippen molar-refractivity contribution in [3.05, 3.63) is 95.9 Å². The lowest BCUT2D eigenvalue weighted by Gasteiger charge is -2.12. The lowest BCUT2D eigenvalue weighted by Crippen LogP contribution is -2.15. The molecule has 1 N–H and O–H groups in total. The molecule has 6 heteroatoms. The number of hydrogen-bond donors (Lipinski definition) is 1. The first-order valence-electron chi connectivity index (χ1n) is 9.50. The van der Waals surface area contributed by atoms with E-state index in [2.05, 4.69) is 20.3 Å². The maximum absolute atomic E-state index is 12.8. The topological polar surface area (TPSA) is 67.8 Å². The Labute approximate surface area is 179 Å². The molecule has 148 valence electrons. The van der Waals surface area contributed by atoms with Gasteiger partial charge in [-0.05, 0) is 67.6 Å². The number of aryl methyl sites for hydroxylation is 2. The number of amides is 1.